The van der Waals surface area contributed by atoms with Crippen molar-refractivity contribution in [2.75, 3.05) is 12.4 Å². The van der Waals surface area contributed by atoms with Gasteiger partial charge in [0.05, 0.1) is 11.6 Å². The number of aromatic nitrogens is 4. The third-order valence-electron chi connectivity index (χ3n) is 2.37. The van der Waals surface area contributed by atoms with Crippen molar-refractivity contribution in [3.8, 4) is 11.6 Å². The molecular weight excluding hydrogens is 218 g/mol. The van der Waals surface area contributed by atoms with E-state index >= 15 is 0 Å². The fraction of sp³-hybridized carbons (Fsp3) is 0.0909. The van der Waals surface area contributed by atoms with Crippen LogP contribution in [-0.2, 0) is 0 Å². The number of furan rings is 1. The summed E-state index contributed by atoms with van der Waals surface area (Å²) in [5, 5.41) is 3.75. The lowest BCUT2D eigenvalue weighted by molar-refractivity contribution is 0.577. The molecule has 0 aliphatic carbocycles. The molecule has 6 heteroatoms. The van der Waals surface area contributed by atoms with Crippen molar-refractivity contribution in [1.82, 2.24) is 19.9 Å². The van der Waals surface area contributed by atoms with Gasteiger partial charge < -0.3 is 9.73 Å². The first-order chi connectivity index (χ1) is 8.38. The van der Waals surface area contributed by atoms with Crippen molar-refractivity contribution in [3.05, 3.63) is 30.9 Å². The van der Waals surface area contributed by atoms with E-state index in [1.54, 1.807) is 31.6 Å². The van der Waals surface area contributed by atoms with Crippen LogP contribution < -0.4 is 5.32 Å². The Balaban J connectivity index is 2.21. The van der Waals surface area contributed by atoms with Gasteiger partial charge in [-0.25, -0.2) is 19.9 Å². The lowest BCUT2D eigenvalue weighted by Crippen LogP contribution is -1.98. The number of rotatable bonds is 2. The number of fused-ring (bicyclic) bond motifs is 1. The molecule has 0 fully saturated rings. The molecule has 3 heterocycles. The van der Waals surface area contributed by atoms with Crippen LogP contribution in [0.2, 0.25) is 0 Å². The molecule has 0 aliphatic heterocycles. The second kappa shape index (κ2) is 3.82. The number of hydrogen-bond donors (Lipinski definition) is 1. The Bertz CT molecular complexity index is 650. The lowest BCUT2D eigenvalue weighted by atomic mass is 10.3. The first kappa shape index (κ1) is 9.71. The van der Waals surface area contributed by atoms with Crippen molar-refractivity contribution in [1.29, 1.82) is 0 Å². The molecule has 0 atom stereocenters. The molecule has 0 saturated heterocycles. The van der Waals surface area contributed by atoms with E-state index in [1.807, 2.05) is 0 Å². The third kappa shape index (κ3) is 1.59. The van der Waals surface area contributed by atoms with Crippen molar-refractivity contribution >= 4 is 16.9 Å². The SMILES string of the molecule is CNc1ncnc2nc(-c3ccco3)ncc12. The standard InChI is InChI=1S/C11H9N5O/c1-12-9-7-5-13-11(8-3-2-4-17-8)16-10(7)15-6-14-9/h2-6H,1H3,(H,12,13,14,15,16). The zero-order valence-electron chi connectivity index (χ0n) is 9.08. The first-order valence-electron chi connectivity index (χ1n) is 5.08. The van der Waals surface area contributed by atoms with Crippen LogP contribution in [0, 0.1) is 0 Å². The predicted octanol–water partition coefficient (Wildman–Crippen LogP) is 1.72. The van der Waals surface area contributed by atoms with Gasteiger partial charge in [-0.15, -0.1) is 0 Å². The molecule has 3 aromatic heterocycles. The van der Waals surface area contributed by atoms with Crippen LogP contribution in [0.5, 0.6) is 0 Å². The number of hydrogen-bond acceptors (Lipinski definition) is 6. The molecule has 0 aromatic carbocycles. The molecule has 0 unspecified atom stereocenters. The molecule has 0 spiro atoms. The van der Waals surface area contributed by atoms with E-state index in [4.69, 9.17) is 4.42 Å². The molecule has 0 bridgehead atoms. The summed E-state index contributed by atoms with van der Waals surface area (Å²) in [6.07, 6.45) is 4.74. The highest BCUT2D eigenvalue weighted by Crippen LogP contribution is 2.20. The number of anilines is 1. The fourth-order valence-electron chi connectivity index (χ4n) is 1.57. The summed E-state index contributed by atoms with van der Waals surface area (Å²) < 4.78 is 5.24. The molecule has 1 N–H and O–H groups in total. The minimum atomic E-state index is 0.517. The number of nitrogens with one attached hydrogen (secondary N) is 1. The minimum Gasteiger partial charge on any atom is -0.461 e. The van der Waals surface area contributed by atoms with Crippen LogP contribution in [0.4, 0.5) is 5.82 Å². The first-order valence-corrected chi connectivity index (χ1v) is 5.08. The summed E-state index contributed by atoms with van der Waals surface area (Å²) in [7, 11) is 1.79. The van der Waals surface area contributed by atoms with Gasteiger partial charge in [0, 0.05) is 13.2 Å². The van der Waals surface area contributed by atoms with Crippen LogP contribution in [0.1, 0.15) is 0 Å². The Morgan fingerprint density at radius 3 is 2.94 bits per heavy atom. The average Bonchev–Trinajstić information content (AvgIpc) is 2.91. The van der Waals surface area contributed by atoms with E-state index < -0.39 is 0 Å². The second-order valence-electron chi connectivity index (χ2n) is 3.38. The Morgan fingerprint density at radius 1 is 1.24 bits per heavy atom. The van der Waals surface area contributed by atoms with E-state index in [0.29, 0.717) is 23.0 Å². The number of nitrogens with zero attached hydrogens (tertiary/aromatic N) is 4. The van der Waals surface area contributed by atoms with Crippen LogP contribution in [0.3, 0.4) is 0 Å². The van der Waals surface area contributed by atoms with Crippen LogP contribution in [-0.4, -0.2) is 27.0 Å². The molecule has 17 heavy (non-hydrogen) atoms. The van der Waals surface area contributed by atoms with Crippen LogP contribution in [0.15, 0.2) is 35.3 Å². The molecule has 0 saturated carbocycles. The maximum Gasteiger partial charge on any atom is 0.197 e. The van der Waals surface area contributed by atoms with E-state index in [1.165, 1.54) is 6.33 Å². The molecule has 0 aliphatic rings. The smallest absolute Gasteiger partial charge is 0.197 e. The normalized spacial score (nSPS) is 10.6. The highest BCUT2D eigenvalue weighted by molar-refractivity contribution is 5.86. The summed E-state index contributed by atoms with van der Waals surface area (Å²) in [5.41, 5.74) is 0.589. The Labute approximate surface area is 96.8 Å². The molecule has 0 radical (unpaired) electrons. The minimum absolute atomic E-state index is 0.517. The monoisotopic (exact) mass is 227 g/mol. The summed E-state index contributed by atoms with van der Waals surface area (Å²) >= 11 is 0. The molecule has 6 nitrogen and oxygen atoms in total. The molecular formula is C11H9N5O. The highest BCUT2D eigenvalue weighted by Gasteiger charge is 2.08. The van der Waals surface area contributed by atoms with E-state index in [-0.39, 0.29) is 0 Å². The van der Waals surface area contributed by atoms with Gasteiger partial charge in [0.15, 0.2) is 17.2 Å². The van der Waals surface area contributed by atoms with E-state index in [0.717, 1.165) is 5.39 Å². The van der Waals surface area contributed by atoms with Gasteiger partial charge in [0.2, 0.25) is 0 Å². The van der Waals surface area contributed by atoms with Crippen molar-refractivity contribution < 1.29 is 4.42 Å². The highest BCUT2D eigenvalue weighted by atomic mass is 16.3. The Morgan fingerprint density at radius 2 is 2.18 bits per heavy atom. The van der Waals surface area contributed by atoms with Crippen molar-refractivity contribution in [3.63, 3.8) is 0 Å². The van der Waals surface area contributed by atoms with Gasteiger partial charge in [-0.2, -0.15) is 0 Å². The van der Waals surface area contributed by atoms with Gasteiger partial charge in [-0.1, -0.05) is 0 Å². The van der Waals surface area contributed by atoms with Crippen molar-refractivity contribution in [2.24, 2.45) is 0 Å². The van der Waals surface area contributed by atoms with E-state index in [2.05, 4.69) is 25.3 Å². The van der Waals surface area contributed by atoms with Gasteiger partial charge in [0.1, 0.15) is 12.1 Å². The molecule has 3 rings (SSSR count). The van der Waals surface area contributed by atoms with Crippen LogP contribution >= 0.6 is 0 Å². The van der Waals surface area contributed by atoms with Gasteiger partial charge in [-0.05, 0) is 12.1 Å². The summed E-state index contributed by atoms with van der Waals surface area (Å²) in [6.45, 7) is 0. The lowest BCUT2D eigenvalue weighted by Gasteiger charge is -2.03. The zero-order valence-corrected chi connectivity index (χ0v) is 9.08. The maximum absolute atomic E-state index is 5.24. The van der Waals surface area contributed by atoms with E-state index in [9.17, 15) is 0 Å². The summed E-state index contributed by atoms with van der Waals surface area (Å²) in [4.78, 5) is 16.8. The predicted molar refractivity (Wildman–Crippen MR) is 62.4 cm³/mol. The van der Waals surface area contributed by atoms with Gasteiger partial charge in [0.25, 0.3) is 0 Å². The Hall–Kier alpha value is -2.50. The second-order valence-corrected chi connectivity index (χ2v) is 3.38. The summed E-state index contributed by atoms with van der Waals surface area (Å²) in [5.74, 6) is 1.85. The van der Waals surface area contributed by atoms with Crippen molar-refractivity contribution in [2.45, 2.75) is 0 Å². The molecule has 84 valence electrons. The largest absolute Gasteiger partial charge is 0.461 e. The Kier molecular flexibility index (Phi) is 2.18. The van der Waals surface area contributed by atoms with Crippen LogP contribution in [0.25, 0.3) is 22.6 Å². The van der Waals surface area contributed by atoms with Gasteiger partial charge in [-0.3, -0.25) is 0 Å². The fourth-order valence-corrected chi connectivity index (χ4v) is 1.57. The van der Waals surface area contributed by atoms with Gasteiger partial charge >= 0.3 is 0 Å². The third-order valence-corrected chi connectivity index (χ3v) is 2.37. The zero-order chi connectivity index (χ0) is 11.7. The quantitative estimate of drug-likeness (QED) is 0.718. The summed E-state index contributed by atoms with van der Waals surface area (Å²) in [6, 6.07) is 3.60. The average molecular weight is 227 g/mol. The molecule has 0 amide bonds. The maximum atomic E-state index is 5.24. The molecule has 3 aromatic rings. The topological polar surface area (TPSA) is 76.7 Å².